The average Bonchev–Trinajstić information content (AvgIpc) is 3.25. The van der Waals surface area contributed by atoms with Crippen LogP contribution in [0.3, 0.4) is 0 Å². The second-order valence-corrected chi connectivity index (χ2v) is 16.0. The highest BCUT2D eigenvalue weighted by Crippen LogP contribution is 2.47. The Bertz CT molecular complexity index is 3000. The highest BCUT2D eigenvalue weighted by molar-refractivity contribution is 6.23. The molecule has 56 heavy (non-hydrogen) atoms. The van der Waals surface area contributed by atoms with Crippen molar-refractivity contribution in [3.05, 3.63) is 206 Å². The summed E-state index contributed by atoms with van der Waals surface area (Å²) >= 11 is 0. The van der Waals surface area contributed by atoms with Gasteiger partial charge in [-0.3, -0.25) is 0 Å². The number of hydrogen-bond acceptors (Lipinski definition) is 0. The van der Waals surface area contributed by atoms with E-state index in [1.165, 1.54) is 104 Å². The van der Waals surface area contributed by atoms with Crippen molar-refractivity contribution < 1.29 is 0 Å². The van der Waals surface area contributed by atoms with Crippen LogP contribution in [0.15, 0.2) is 200 Å². The molecular formula is C56H42. The maximum absolute atomic E-state index is 2.40. The topological polar surface area (TPSA) is 0 Å². The molecule has 0 heteroatoms. The number of fused-ring (bicyclic) bond motifs is 4. The summed E-state index contributed by atoms with van der Waals surface area (Å²) in [4.78, 5) is 0. The second kappa shape index (κ2) is 13.5. The van der Waals surface area contributed by atoms with Gasteiger partial charge in [-0.1, -0.05) is 215 Å². The van der Waals surface area contributed by atoms with Gasteiger partial charge in [0.1, 0.15) is 0 Å². The number of rotatable bonds is 5. The second-order valence-electron chi connectivity index (χ2n) is 16.0. The smallest absolute Gasteiger partial charge is 0.00262 e. The first kappa shape index (κ1) is 33.8. The van der Waals surface area contributed by atoms with Crippen molar-refractivity contribution in [2.75, 3.05) is 0 Å². The molecule has 0 atom stereocenters. The van der Waals surface area contributed by atoms with Crippen molar-refractivity contribution in [1.82, 2.24) is 0 Å². The molecule has 10 aromatic rings. The van der Waals surface area contributed by atoms with Gasteiger partial charge in [0.25, 0.3) is 0 Å². The highest BCUT2D eigenvalue weighted by Gasteiger charge is 2.20. The Labute approximate surface area is 329 Å². The predicted octanol–water partition coefficient (Wildman–Crippen LogP) is 15.9. The van der Waals surface area contributed by atoms with E-state index in [1.54, 1.807) is 0 Å². The Morgan fingerprint density at radius 3 is 0.911 bits per heavy atom. The van der Waals surface area contributed by atoms with E-state index in [4.69, 9.17) is 0 Å². The molecule has 0 N–H and O–H groups in total. The van der Waals surface area contributed by atoms with Crippen LogP contribution in [-0.4, -0.2) is 0 Å². The van der Waals surface area contributed by atoms with Crippen molar-refractivity contribution in [1.29, 1.82) is 0 Å². The van der Waals surface area contributed by atoms with Crippen LogP contribution < -0.4 is 0 Å². The van der Waals surface area contributed by atoms with Gasteiger partial charge < -0.3 is 0 Å². The minimum Gasteiger partial charge on any atom is -0.0622 e. The van der Waals surface area contributed by atoms with Gasteiger partial charge in [-0.25, -0.2) is 0 Å². The largest absolute Gasteiger partial charge is 0.0622 e. The summed E-state index contributed by atoms with van der Waals surface area (Å²) in [5.74, 6) is 0. The lowest BCUT2D eigenvalue weighted by molar-refractivity contribution is 0.590. The standard InChI is InChI=1S/C56H42/c1-56(2,3)43-33-30-41(31-34-43)53-46-22-12-10-20-44(46)52(45-21-11-13-23-47(45)53)39-26-28-40(29-27-39)54-48-24-14-15-25-49(48)55(38-18-8-5-9-19-38)51-36-42(32-35-50(51)54)37-16-6-4-7-17-37/h4-36H,1-3H3. The molecule has 0 aliphatic rings. The van der Waals surface area contributed by atoms with E-state index >= 15 is 0 Å². The zero-order valence-electron chi connectivity index (χ0n) is 32.1. The lowest BCUT2D eigenvalue weighted by atomic mass is 9.83. The van der Waals surface area contributed by atoms with Gasteiger partial charge >= 0.3 is 0 Å². The summed E-state index contributed by atoms with van der Waals surface area (Å²) in [6, 6.07) is 74.0. The summed E-state index contributed by atoms with van der Waals surface area (Å²) in [6.45, 7) is 6.83. The van der Waals surface area contributed by atoms with Gasteiger partial charge in [0.05, 0.1) is 0 Å². The molecule has 0 aliphatic heterocycles. The lowest BCUT2D eigenvalue weighted by Gasteiger charge is -2.21. The first-order chi connectivity index (χ1) is 27.4. The van der Waals surface area contributed by atoms with E-state index in [0.29, 0.717) is 0 Å². The lowest BCUT2D eigenvalue weighted by Crippen LogP contribution is -2.10. The third-order valence-electron chi connectivity index (χ3n) is 11.6. The molecule has 0 fully saturated rings. The van der Waals surface area contributed by atoms with Crippen molar-refractivity contribution in [2.24, 2.45) is 0 Å². The molecule has 0 heterocycles. The summed E-state index contributed by atoms with van der Waals surface area (Å²) in [5.41, 5.74) is 13.9. The van der Waals surface area contributed by atoms with Crippen molar-refractivity contribution >= 4 is 43.1 Å². The summed E-state index contributed by atoms with van der Waals surface area (Å²) in [6.07, 6.45) is 0. The number of benzene rings is 10. The van der Waals surface area contributed by atoms with Crippen molar-refractivity contribution in [3.8, 4) is 55.6 Å². The van der Waals surface area contributed by atoms with E-state index in [-0.39, 0.29) is 5.41 Å². The molecule has 0 amide bonds. The molecule has 0 aliphatic carbocycles. The fourth-order valence-electron chi connectivity index (χ4n) is 8.91. The van der Waals surface area contributed by atoms with E-state index in [9.17, 15) is 0 Å². The van der Waals surface area contributed by atoms with E-state index in [2.05, 4.69) is 221 Å². The molecular weight excluding hydrogens is 673 g/mol. The van der Waals surface area contributed by atoms with Crippen LogP contribution in [0.4, 0.5) is 0 Å². The predicted molar refractivity (Wildman–Crippen MR) is 242 cm³/mol. The van der Waals surface area contributed by atoms with Crippen LogP contribution in [0.25, 0.3) is 98.7 Å². The van der Waals surface area contributed by atoms with Gasteiger partial charge in [-0.15, -0.1) is 0 Å². The molecule has 0 nitrogen and oxygen atoms in total. The molecule has 0 unspecified atom stereocenters. The van der Waals surface area contributed by atoms with Gasteiger partial charge in [0.15, 0.2) is 0 Å². The molecule has 10 rings (SSSR count). The Kier molecular flexibility index (Phi) is 8.15. The van der Waals surface area contributed by atoms with Gasteiger partial charge in [0.2, 0.25) is 0 Å². The molecule has 0 saturated carbocycles. The normalized spacial score (nSPS) is 11.8. The molecule has 0 radical (unpaired) electrons. The summed E-state index contributed by atoms with van der Waals surface area (Å²) in [7, 11) is 0. The van der Waals surface area contributed by atoms with Crippen LogP contribution >= 0.6 is 0 Å². The fraction of sp³-hybridized carbons (Fsp3) is 0.0714. The highest BCUT2D eigenvalue weighted by atomic mass is 14.2. The fourth-order valence-corrected chi connectivity index (χ4v) is 8.91. The monoisotopic (exact) mass is 714 g/mol. The van der Waals surface area contributed by atoms with Crippen molar-refractivity contribution in [2.45, 2.75) is 26.2 Å². The quantitative estimate of drug-likeness (QED) is 0.156. The first-order valence-electron chi connectivity index (χ1n) is 19.7. The average molecular weight is 715 g/mol. The van der Waals surface area contributed by atoms with Crippen LogP contribution in [0.5, 0.6) is 0 Å². The van der Waals surface area contributed by atoms with Gasteiger partial charge in [0, 0.05) is 0 Å². The molecule has 0 bridgehead atoms. The Hall–Kier alpha value is -6.76. The third kappa shape index (κ3) is 5.69. The molecule has 10 aromatic carbocycles. The molecule has 266 valence electrons. The maximum atomic E-state index is 2.40. The zero-order chi connectivity index (χ0) is 37.8. The molecule has 0 aromatic heterocycles. The van der Waals surface area contributed by atoms with Crippen LogP contribution in [0, 0.1) is 0 Å². The Balaban J connectivity index is 1.18. The summed E-state index contributed by atoms with van der Waals surface area (Å²) < 4.78 is 0. The van der Waals surface area contributed by atoms with Gasteiger partial charge in [-0.05, 0) is 116 Å². The SMILES string of the molecule is CC(C)(C)c1ccc(-c2c3ccccc3c(-c3ccc(-c4c5ccccc5c(-c5ccccc5)c5cc(-c6ccccc6)ccc45)cc3)c3ccccc23)cc1. The Morgan fingerprint density at radius 2 is 0.518 bits per heavy atom. The van der Waals surface area contributed by atoms with Crippen LogP contribution in [-0.2, 0) is 5.41 Å². The minimum atomic E-state index is 0.103. The minimum absolute atomic E-state index is 0.103. The van der Waals surface area contributed by atoms with E-state index < -0.39 is 0 Å². The third-order valence-corrected chi connectivity index (χ3v) is 11.6. The van der Waals surface area contributed by atoms with Crippen LogP contribution in [0.1, 0.15) is 26.3 Å². The van der Waals surface area contributed by atoms with Gasteiger partial charge in [-0.2, -0.15) is 0 Å². The Morgan fingerprint density at radius 1 is 0.232 bits per heavy atom. The molecule has 0 saturated heterocycles. The summed E-state index contributed by atoms with van der Waals surface area (Å²) in [5, 5.41) is 10.1. The van der Waals surface area contributed by atoms with E-state index in [0.717, 1.165) is 0 Å². The first-order valence-corrected chi connectivity index (χ1v) is 19.7. The maximum Gasteiger partial charge on any atom is -0.00262 e. The van der Waals surface area contributed by atoms with Crippen molar-refractivity contribution in [3.63, 3.8) is 0 Å². The number of hydrogen-bond donors (Lipinski definition) is 0. The van der Waals surface area contributed by atoms with E-state index in [1.807, 2.05) is 0 Å². The zero-order valence-corrected chi connectivity index (χ0v) is 32.1. The molecule has 0 spiro atoms. The van der Waals surface area contributed by atoms with Crippen LogP contribution in [0.2, 0.25) is 0 Å².